The first-order valence-corrected chi connectivity index (χ1v) is 9.35. The smallest absolute Gasteiger partial charge is 0.407 e. The van der Waals surface area contributed by atoms with E-state index in [1.165, 1.54) is 12.1 Å². The van der Waals surface area contributed by atoms with Crippen LogP contribution >= 0.6 is 0 Å². The molecule has 0 aliphatic rings. The van der Waals surface area contributed by atoms with Crippen molar-refractivity contribution in [2.45, 2.75) is 19.1 Å². The topological polar surface area (TPSA) is 154 Å². The van der Waals surface area contributed by atoms with E-state index in [9.17, 15) is 29.4 Å². The van der Waals surface area contributed by atoms with Crippen molar-refractivity contribution in [3.05, 3.63) is 65.7 Å². The van der Waals surface area contributed by atoms with Crippen molar-refractivity contribution in [2.24, 2.45) is 0 Å². The van der Waals surface area contributed by atoms with Crippen LogP contribution in [0, 0.1) is 0 Å². The molecule has 0 bridgehead atoms. The van der Waals surface area contributed by atoms with E-state index < -0.39 is 43.0 Å². The van der Waals surface area contributed by atoms with Crippen LogP contribution in [0.25, 0.3) is 0 Å². The van der Waals surface area contributed by atoms with Gasteiger partial charge in [0.1, 0.15) is 24.9 Å². The van der Waals surface area contributed by atoms with Crippen LogP contribution in [0.5, 0.6) is 5.75 Å². The highest BCUT2D eigenvalue weighted by molar-refractivity contribution is 5.89. The second-order valence-corrected chi connectivity index (χ2v) is 6.52. The third kappa shape index (κ3) is 8.86. The van der Waals surface area contributed by atoms with E-state index in [0.29, 0.717) is 5.56 Å². The first kappa shape index (κ1) is 23.2. The minimum atomic E-state index is -1.24. The number of phenolic OH excluding ortho intramolecular Hbond substituents is 1. The van der Waals surface area contributed by atoms with Gasteiger partial charge >= 0.3 is 12.1 Å². The quantitative estimate of drug-likeness (QED) is 0.369. The maximum Gasteiger partial charge on any atom is 0.407 e. The van der Waals surface area contributed by atoms with Crippen molar-refractivity contribution in [1.29, 1.82) is 0 Å². The highest BCUT2D eigenvalue weighted by atomic mass is 16.5. The average molecular weight is 429 g/mol. The number of phenols is 1. The van der Waals surface area contributed by atoms with E-state index in [1.807, 2.05) is 6.07 Å². The average Bonchev–Trinajstić information content (AvgIpc) is 2.76. The van der Waals surface area contributed by atoms with Gasteiger partial charge in [-0.25, -0.2) is 9.59 Å². The molecule has 10 nitrogen and oxygen atoms in total. The van der Waals surface area contributed by atoms with Crippen LogP contribution < -0.4 is 16.0 Å². The van der Waals surface area contributed by atoms with Gasteiger partial charge in [0.2, 0.25) is 11.8 Å². The van der Waals surface area contributed by atoms with E-state index in [4.69, 9.17) is 4.74 Å². The molecular weight excluding hydrogens is 406 g/mol. The van der Waals surface area contributed by atoms with Crippen LogP contribution in [0.2, 0.25) is 0 Å². The second-order valence-electron chi connectivity index (χ2n) is 6.52. The summed E-state index contributed by atoms with van der Waals surface area (Å²) in [5.41, 5.74) is 1.40. The molecule has 0 aliphatic carbocycles. The number of nitrogens with one attached hydrogen (secondary N) is 3. The van der Waals surface area contributed by atoms with Gasteiger partial charge in [0.15, 0.2) is 0 Å². The number of carboxylic acids is 1. The summed E-state index contributed by atoms with van der Waals surface area (Å²) in [5, 5.41) is 25.4. The van der Waals surface area contributed by atoms with Gasteiger partial charge in [-0.05, 0) is 23.3 Å². The lowest BCUT2D eigenvalue weighted by molar-refractivity contribution is -0.141. The number of hydrogen-bond donors (Lipinski definition) is 5. The summed E-state index contributed by atoms with van der Waals surface area (Å²) in [6.45, 7) is -0.815. The molecule has 0 spiro atoms. The van der Waals surface area contributed by atoms with Gasteiger partial charge in [0.25, 0.3) is 0 Å². The fourth-order valence-corrected chi connectivity index (χ4v) is 2.48. The molecule has 0 radical (unpaired) electrons. The summed E-state index contributed by atoms with van der Waals surface area (Å²) >= 11 is 0. The number of rotatable bonds is 10. The molecule has 0 unspecified atom stereocenters. The van der Waals surface area contributed by atoms with Crippen molar-refractivity contribution in [1.82, 2.24) is 16.0 Å². The maximum atomic E-state index is 12.0. The highest BCUT2D eigenvalue weighted by Gasteiger charge is 2.20. The van der Waals surface area contributed by atoms with Crippen LogP contribution in [-0.4, -0.2) is 53.2 Å². The van der Waals surface area contributed by atoms with Crippen molar-refractivity contribution >= 4 is 23.9 Å². The number of carbonyl (C=O) groups is 4. The second kappa shape index (κ2) is 11.8. The van der Waals surface area contributed by atoms with Gasteiger partial charge in [-0.3, -0.25) is 9.59 Å². The monoisotopic (exact) mass is 429 g/mol. The summed E-state index contributed by atoms with van der Waals surface area (Å²) < 4.78 is 4.96. The molecule has 3 amide bonds. The van der Waals surface area contributed by atoms with Gasteiger partial charge < -0.3 is 30.9 Å². The summed E-state index contributed by atoms with van der Waals surface area (Å²) in [6, 6.07) is 13.7. The zero-order valence-corrected chi connectivity index (χ0v) is 16.5. The van der Waals surface area contributed by atoms with Crippen LogP contribution in [-0.2, 0) is 32.1 Å². The van der Waals surface area contributed by atoms with E-state index >= 15 is 0 Å². The number of aliphatic carboxylic acids is 1. The number of amides is 3. The van der Waals surface area contributed by atoms with E-state index in [-0.39, 0.29) is 18.8 Å². The molecule has 1 atom stereocenters. The fraction of sp³-hybridized carbons (Fsp3) is 0.238. The van der Waals surface area contributed by atoms with Crippen LogP contribution in [0.15, 0.2) is 54.6 Å². The lowest BCUT2D eigenvalue weighted by Gasteiger charge is -2.15. The lowest BCUT2D eigenvalue weighted by Crippen LogP contribution is -2.47. The molecule has 2 aromatic carbocycles. The van der Waals surface area contributed by atoms with Gasteiger partial charge in [0.05, 0.1) is 6.54 Å². The number of ether oxygens (including phenoxy) is 1. The van der Waals surface area contributed by atoms with Crippen molar-refractivity contribution in [2.75, 3.05) is 13.1 Å². The Morgan fingerprint density at radius 2 is 1.48 bits per heavy atom. The molecule has 0 saturated heterocycles. The predicted octanol–water partition coefficient (Wildman–Crippen LogP) is 0.547. The van der Waals surface area contributed by atoms with Gasteiger partial charge in [-0.15, -0.1) is 0 Å². The van der Waals surface area contributed by atoms with Crippen LogP contribution in [0.1, 0.15) is 11.1 Å². The number of alkyl carbamates (subject to hydrolysis) is 1. The standard InChI is InChI=1S/C21H23N3O7/c25-16-8-6-14(7-9-16)10-17(20(28)29)24-19(27)12-22-18(26)11-23-21(30)31-13-15-4-2-1-3-5-15/h1-9,17,25H,10-13H2,(H,22,26)(H,23,30)(H,24,27)(H,28,29)/t17-/m0/s1. The zero-order chi connectivity index (χ0) is 22.6. The Labute approximate surface area is 178 Å². The number of carbonyl (C=O) groups excluding carboxylic acids is 3. The van der Waals surface area contributed by atoms with Crippen LogP contribution in [0.4, 0.5) is 4.79 Å². The zero-order valence-electron chi connectivity index (χ0n) is 16.5. The minimum absolute atomic E-state index is 0.00408. The molecular formula is C21H23N3O7. The molecule has 0 heterocycles. The molecule has 0 saturated carbocycles. The van der Waals surface area contributed by atoms with E-state index in [2.05, 4.69) is 16.0 Å². The molecule has 2 rings (SSSR count). The Morgan fingerprint density at radius 1 is 0.839 bits per heavy atom. The Bertz CT molecular complexity index is 901. The molecule has 10 heteroatoms. The molecule has 31 heavy (non-hydrogen) atoms. The fourth-order valence-electron chi connectivity index (χ4n) is 2.48. The first-order chi connectivity index (χ1) is 14.8. The molecule has 0 aromatic heterocycles. The Kier molecular flexibility index (Phi) is 8.84. The third-order valence-electron chi connectivity index (χ3n) is 4.06. The first-order valence-electron chi connectivity index (χ1n) is 9.35. The highest BCUT2D eigenvalue weighted by Crippen LogP contribution is 2.11. The van der Waals surface area contributed by atoms with Crippen molar-refractivity contribution < 1.29 is 34.1 Å². The van der Waals surface area contributed by atoms with Gasteiger partial charge in [-0.2, -0.15) is 0 Å². The molecule has 5 N–H and O–H groups in total. The normalized spacial score (nSPS) is 11.1. The minimum Gasteiger partial charge on any atom is -0.508 e. The lowest BCUT2D eigenvalue weighted by atomic mass is 10.1. The number of benzene rings is 2. The maximum absolute atomic E-state index is 12.0. The molecule has 2 aromatic rings. The summed E-state index contributed by atoms with van der Waals surface area (Å²) in [4.78, 5) is 46.7. The number of hydrogen-bond acceptors (Lipinski definition) is 6. The van der Waals surface area contributed by atoms with E-state index in [0.717, 1.165) is 5.56 Å². The number of aromatic hydroxyl groups is 1. The summed E-state index contributed by atoms with van der Waals surface area (Å²) in [6.07, 6.45) is -0.785. The Morgan fingerprint density at radius 3 is 2.13 bits per heavy atom. The summed E-state index contributed by atoms with van der Waals surface area (Å²) in [5.74, 6) is -2.54. The van der Waals surface area contributed by atoms with E-state index in [1.54, 1.807) is 36.4 Å². The molecule has 164 valence electrons. The largest absolute Gasteiger partial charge is 0.508 e. The van der Waals surface area contributed by atoms with Crippen molar-refractivity contribution in [3.8, 4) is 5.75 Å². The third-order valence-corrected chi connectivity index (χ3v) is 4.06. The molecule has 0 fully saturated rings. The van der Waals surface area contributed by atoms with Crippen molar-refractivity contribution in [3.63, 3.8) is 0 Å². The SMILES string of the molecule is O=C(CNC(=O)OCc1ccccc1)NCC(=O)N[C@@H](Cc1ccc(O)cc1)C(=O)O. The Balaban J connectivity index is 1.68. The predicted molar refractivity (Wildman–Crippen MR) is 109 cm³/mol. The van der Waals surface area contributed by atoms with Gasteiger partial charge in [0, 0.05) is 6.42 Å². The molecule has 0 aliphatic heterocycles. The van der Waals surface area contributed by atoms with Crippen LogP contribution in [0.3, 0.4) is 0 Å². The Hall–Kier alpha value is -4.08. The van der Waals surface area contributed by atoms with Gasteiger partial charge in [-0.1, -0.05) is 42.5 Å². The number of carboxylic acid groups (broad SMARTS) is 1. The summed E-state index contributed by atoms with van der Waals surface area (Å²) in [7, 11) is 0.